The maximum absolute atomic E-state index is 11.3. The topological polar surface area (TPSA) is 90.6 Å². The fraction of sp³-hybridized carbons (Fsp3) is 0.381. The number of amides is 1. The lowest BCUT2D eigenvalue weighted by Gasteiger charge is -2.25. The Labute approximate surface area is 172 Å². The van der Waals surface area contributed by atoms with Crippen LogP contribution in [-0.4, -0.2) is 47.1 Å². The number of aromatic nitrogens is 2. The summed E-state index contributed by atoms with van der Waals surface area (Å²) in [5, 5.41) is 1.03. The van der Waals surface area contributed by atoms with E-state index in [1.807, 2.05) is 0 Å². The molecular formula is C21H22N4O3S. The predicted molar refractivity (Wildman–Crippen MR) is 111 cm³/mol. The molecule has 0 unspecified atom stereocenters. The molecule has 2 N–H and O–H groups in total. The SMILES string of the molecule is NC(=O)c1ccc(Oc2nc(CN3CCOCC3)nc3sc4c(c23)CCC4)cc1. The van der Waals surface area contributed by atoms with Gasteiger partial charge >= 0.3 is 0 Å². The Morgan fingerprint density at radius 1 is 1.17 bits per heavy atom. The number of benzene rings is 1. The second-order valence-corrected chi connectivity index (χ2v) is 8.45. The molecular weight excluding hydrogens is 388 g/mol. The average molecular weight is 410 g/mol. The number of aryl methyl sites for hydroxylation is 2. The monoisotopic (exact) mass is 410 g/mol. The van der Waals surface area contributed by atoms with Gasteiger partial charge in [0.05, 0.1) is 25.1 Å². The molecule has 3 aromatic rings. The molecule has 29 heavy (non-hydrogen) atoms. The van der Waals surface area contributed by atoms with Crippen molar-refractivity contribution < 1.29 is 14.3 Å². The van der Waals surface area contributed by atoms with Crippen molar-refractivity contribution in [3.63, 3.8) is 0 Å². The van der Waals surface area contributed by atoms with E-state index in [1.165, 1.54) is 16.9 Å². The Kier molecular flexibility index (Phi) is 4.91. The largest absolute Gasteiger partial charge is 0.438 e. The summed E-state index contributed by atoms with van der Waals surface area (Å²) in [5.74, 6) is 1.54. The van der Waals surface area contributed by atoms with Gasteiger partial charge in [0.25, 0.3) is 0 Å². The van der Waals surface area contributed by atoms with Crippen LogP contribution in [0.5, 0.6) is 11.6 Å². The third kappa shape index (κ3) is 3.71. The van der Waals surface area contributed by atoms with Crippen LogP contribution in [0.3, 0.4) is 0 Å². The quantitative estimate of drug-likeness (QED) is 0.696. The summed E-state index contributed by atoms with van der Waals surface area (Å²) in [6.07, 6.45) is 3.31. The van der Waals surface area contributed by atoms with Crippen molar-refractivity contribution >= 4 is 27.5 Å². The van der Waals surface area contributed by atoms with E-state index in [2.05, 4.69) is 4.90 Å². The second kappa shape index (κ2) is 7.70. The van der Waals surface area contributed by atoms with E-state index in [-0.39, 0.29) is 0 Å². The number of ether oxygens (including phenoxy) is 2. The van der Waals surface area contributed by atoms with Crippen LogP contribution in [0.2, 0.25) is 0 Å². The van der Waals surface area contributed by atoms with E-state index in [1.54, 1.807) is 35.6 Å². The smallest absolute Gasteiger partial charge is 0.248 e. The third-order valence-electron chi connectivity index (χ3n) is 5.40. The molecule has 0 bridgehead atoms. The number of thiophene rings is 1. The molecule has 2 aliphatic rings. The average Bonchev–Trinajstić information content (AvgIpc) is 3.30. The molecule has 1 aliphatic carbocycles. The molecule has 0 saturated carbocycles. The lowest BCUT2D eigenvalue weighted by atomic mass is 10.2. The van der Waals surface area contributed by atoms with Gasteiger partial charge in [-0.05, 0) is 49.1 Å². The highest BCUT2D eigenvalue weighted by Crippen LogP contribution is 2.41. The van der Waals surface area contributed by atoms with Crippen molar-refractivity contribution in [1.29, 1.82) is 0 Å². The van der Waals surface area contributed by atoms with E-state index in [0.717, 1.165) is 55.2 Å². The van der Waals surface area contributed by atoms with E-state index < -0.39 is 5.91 Å². The van der Waals surface area contributed by atoms with Gasteiger partial charge < -0.3 is 15.2 Å². The summed E-state index contributed by atoms with van der Waals surface area (Å²) in [6.45, 7) is 3.93. The first-order chi connectivity index (χ1) is 14.2. The standard InChI is InChI=1S/C21H22N4O3S/c22-19(26)13-4-6-14(7-5-13)28-20-18-15-2-1-3-16(15)29-21(18)24-17(23-20)12-25-8-10-27-11-9-25/h4-7H,1-3,8-12H2,(H2,22,26). The minimum atomic E-state index is -0.454. The molecule has 1 aromatic carbocycles. The second-order valence-electron chi connectivity index (χ2n) is 7.36. The van der Waals surface area contributed by atoms with Gasteiger partial charge in [0.15, 0.2) is 0 Å². The molecule has 2 aromatic heterocycles. The van der Waals surface area contributed by atoms with Crippen LogP contribution in [0.15, 0.2) is 24.3 Å². The molecule has 1 saturated heterocycles. The summed E-state index contributed by atoms with van der Waals surface area (Å²) < 4.78 is 11.6. The number of nitrogens with two attached hydrogens (primary N) is 1. The molecule has 150 valence electrons. The zero-order chi connectivity index (χ0) is 19.8. The van der Waals surface area contributed by atoms with Crippen LogP contribution >= 0.6 is 11.3 Å². The maximum Gasteiger partial charge on any atom is 0.248 e. The number of carbonyl (C=O) groups excluding carboxylic acids is 1. The number of primary amides is 1. The molecule has 0 spiro atoms. The van der Waals surface area contributed by atoms with E-state index in [9.17, 15) is 4.79 Å². The normalized spacial score (nSPS) is 16.8. The number of fused-ring (bicyclic) bond motifs is 3. The minimum absolute atomic E-state index is 0.453. The van der Waals surface area contributed by atoms with Crippen LogP contribution in [0.4, 0.5) is 0 Å². The molecule has 0 atom stereocenters. The fourth-order valence-corrected chi connectivity index (χ4v) is 5.18. The van der Waals surface area contributed by atoms with Crippen molar-refractivity contribution in [3.8, 4) is 11.6 Å². The van der Waals surface area contributed by atoms with Gasteiger partial charge in [-0.1, -0.05) is 0 Å². The van der Waals surface area contributed by atoms with E-state index >= 15 is 0 Å². The van der Waals surface area contributed by atoms with Gasteiger partial charge in [-0.25, -0.2) is 4.98 Å². The highest BCUT2D eigenvalue weighted by Gasteiger charge is 2.24. The molecule has 1 fully saturated rings. The first-order valence-corrected chi connectivity index (χ1v) is 10.7. The molecule has 8 heteroatoms. The highest BCUT2D eigenvalue weighted by atomic mass is 32.1. The maximum atomic E-state index is 11.3. The molecule has 1 amide bonds. The summed E-state index contributed by atoms with van der Waals surface area (Å²) in [5.41, 5.74) is 7.11. The van der Waals surface area contributed by atoms with Gasteiger partial charge in [0.2, 0.25) is 11.8 Å². The lowest BCUT2D eigenvalue weighted by Crippen LogP contribution is -2.36. The van der Waals surface area contributed by atoms with Crippen LogP contribution in [-0.2, 0) is 24.1 Å². The van der Waals surface area contributed by atoms with Gasteiger partial charge in [-0.3, -0.25) is 9.69 Å². The van der Waals surface area contributed by atoms with E-state index in [0.29, 0.717) is 23.7 Å². The first-order valence-electron chi connectivity index (χ1n) is 9.86. The molecule has 0 radical (unpaired) electrons. The Morgan fingerprint density at radius 2 is 1.97 bits per heavy atom. The molecule has 1 aliphatic heterocycles. The number of hydrogen-bond donors (Lipinski definition) is 1. The summed E-state index contributed by atoms with van der Waals surface area (Å²) in [6, 6.07) is 6.84. The Hall–Kier alpha value is -2.55. The number of rotatable bonds is 5. The van der Waals surface area contributed by atoms with Crippen LogP contribution < -0.4 is 10.5 Å². The molecule has 5 rings (SSSR count). The number of morpholine rings is 1. The van der Waals surface area contributed by atoms with Crippen molar-refractivity contribution in [2.45, 2.75) is 25.8 Å². The van der Waals surface area contributed by atoms with Crippen molar-refractivity contribution in [2.24, 2.45) is 5.73 Å². The fourth-order valence-electron chi connectivity index (χ4n) is 3.91. The van der Waals surface area contributed by atoms with Crippen molar-refractivity contribution in [1.82, 2.24) is 14.9 Å². The Balaban J connectivity index is 1.51. The van der Waals surface area contributed by atoms with Crippen molar-refractivity contribution in [3.05, 3.63) is 46.1 Å². The van der Waals surface area contributed by atoms with Gasteiger partial charge in [-0.2, -0.15) is 4.98 Å². The van der Waals surface area contributed by atoms with E-state index in [4.69, 9.17) is 25.2 Å². The Morgan fingerprint density at radius 3 is 2.72 bits per heavy atom. The molecule has 7 nitrogen and oxygen atoms in total. The minimum Gasteiger partial charge on any atom is -0.438 e. The highest BCUT2D eigenvalue weighted by molar-refractivity contribution is 7.19. The van der Waals surface area contributed by atoms with Crippen molar-refractivity contribution in [2.75, 3.05) is 26.3 Å². The summed E-state index contributed by atoms with van der Waals surface area (Å²) in [7, 11) is 0. The molecule has 3 heterocycles. The first kappa shape index (κ1) is 18.5. The number of carbonyl (C=O) groups is 1. The van der Waals surface area contributed by atoms with Gasteiger partial charge in [0, 0.05) is 23.5 Å². The van der Waals surface area contributed by atoms with Crippen LogP contribution in [0.1, 0.15) is 33.0 Å². The zero-order valence-corrected chi connectivity index (χ0v) is 16.8. The summed E-state index contributed by atoms with van der Waals surface area (Å²) in [4.78, 5) is 25.7. The number of nitrogens with zero attached hydrogens (tertiary/aromatic N) is 3. The zero-order valence-electron chi connectivity index (χ0n) is 16.0. The summed E-state index contributed by atoms with van der Waals surface area (Å²) >= 11 is 1.76. The third-order valence-corrected chi connectivity index (χ3v) is 6.59. The number of hydrogen-bond acceptors (Lipinski definition) is 7. The Bertz CT molecular complexity index is 1060. The predicted octanol–water partition coefficient (Wildman–Crippen LogP) is 2.90. The van der Waals surface area contributed by atoms with Gasteiger partial charge in [0.1, 0.15) is 16.4 Å². The van der Waals surface area contributed by atoms with Crippen LogP contribution in [0, 0.1) is 0 Å². The van der Waals surface area contributed by atoms with Gasteiger partial charge in [-0.15, -0.1) is 11.3 Å². The van der Waals surface area contributed by atoms with Crippen LogP contribution in [0.25, 0.3) is 10.2 Å². The lowest BCUT2D eigenvalue weighted by molar-refractivity contribution is 0.0330.